The summed E-state index contributed by atoms with van der Waals surface area (Å²) in [6.45, 7) is 6.58. The van der Waals surface area contributed by atoms with Crippen molar-refractivity contribution in [1.82, 2.24) is 4.90 Å². The minimum absolute atomic E-state index is 0.275. The van der Waals surface area contributed by atoms with Gasteiger partial charge in [-0.25, -0.2) is 0 Å². The number of benzene rings is 1. The summed E-state index contributed by atoms with van der Waals surface area (Å²) < 4.78 is 0. The Hall–Kier alpha value is -1.35. The van der Waals surface area contributed by atoms with Crippen LogP contribution in [0.3, 0.4) is 0 Å². The number of hydrogen-bond acceptors (Lipinski definition) is 2. The van der Waals surface area contributed by atoms with Crippen molar-refractivity contribution in [3.05, 3.63) is 35.4 Å². The first-order valence-electron chi connectivity index (χ1n) is 7.06. The Morgan fingerprint density at radius 3 is 2.58 bits per heavy atom. The summed E-state index contributed by atoms with van der Waals surface area (Å²) in [5.41, 5.74) is 8.35. The number of carbonyl (C=O) groups excluding carboxylic acids is 1. The predicted octanol–water partition coefficient (Wildman–Crippen LogP) is 2.68. The van der Waals surface area contributed by atoms with Gasteiger partial charge in [-0.15, -0.1) is 0 Å². The lowest BCUT2D eigenvalue weighted by Crippen LogP contribution is -2.30. The van der Waals surface area contributed by atoms with Gasteiger partial charge in [-0.1, -0.05) is 38.1 Å². The summed E-state index contributed by atoms with van der Waals surface area (Å²) in [4.78, 5) is 14.2. The van der Waals surface area contributed by atoms with E-state index < -0.39 is 0 Å². The van der Waals surface area contributed by atoms with Crippen molar-refractivity contribution in [1.29, 1.82) is 0 Å². The van der Waals surface area contributed by atoms with Gasteiger partial charge < -0.3 is 10.6 Å². The summed E-state index contributed by atoms with van der Waals surface area (Å²) in [5, 5.41) is 0. The molecule has 3 heteroatoms. The fourth-order valence-corrected chi connectivity index (χ4v) is 2.57. The van der Waals surface area contributed by atoms with Crippen LogP contribution in [-0.2, 0) is 17.9 Å². The molecule has 1 aliphatic heterocycles. The lowest BCUT2D eigenvalue weighted by atomic mass is 9.85. The number of nitrogens with two attached hydrogens (primary N) is 1. The number of likely N-dealkylation sites (tertiary alicyclic amines) is 1. The third-order valence-electron chi connectivity index (χ3n) is 4.13. The fraction of sp³-hybridized carbons (Fsp3) is 0.562. The molecular weight excluding hydrogens is 236 g/mol. The first kappa shape index (κ1) is 14.1. The molecule has 0 spiro atoms. The Kier molecular flexibility index (Phi) is 4.25. The molecule has 0 radical (unpaired) electrons. The molecule has 1 heterocycles. The summed E-state index contributed by atoms with van der Waals surface area (Å²) in [6.07, 6.45) is 2.72. The monoisotopic (exact) mass is 260 g/mol. The highest BCUT2D eigenvalue weighted by Crippen LogP contribution is 2.30. The molecular formula is C16H24N2O. The van der Waals surface area contributed by atoms with Gasteiger partial charge in [-0.3, -0.25) is 4.79 Å². The zero-order valence-electron chi connectivity index (χ0n) is 12.0. The van der Waals surface area contributed by atoms with Crippen LogP contribution in [0.25, 0.3) is 0 Å². The van der Waals surface area contributed by atoms with E-state index in [2.05, 4.69) is 19.9 Å². The highest BCUT2D eigenvalue weighted by atomic mass is 16.2. The Morgan fingerprint density at radius 1 is 1.21 bits per heavy atom. The third kappa shape index (κ3) is 3.57. The first-order chi connectivity index (χ1) is 9.02. The van der Waals surface area contributed by atoms with Crippen molar-refractivity contribution >= 4 is 5.91 Å². The highest BCUT2D eigenvalue weighted by molar-refractivity contribution is 5.76. The van der Waals surface area contributed by atoms with Crippen molar-refractivity contribution in [2.45, 2.75) is 46.2 Å². The van der Waals surface area contributed by atoms with Crippen LogP contribution in [0, 0.1) is 5.41 Å². The van der Waals surface area contributed by atoms with Crippen LogP contribution in [0.1, 0.15) is 44.2 Å². The van der Waals surface area contributed by atoms with Gasteiger partial charge in [-0.05, 0) is 29.4 Å². The lowest BCUT2D eigenvalue weighted by molar-refractivity contribution is -0.131. The van der Waals surface area contributed by atoms with Crippen LogP contribution in [0.4, 0.5) is 0 Å². The molecule has 1 aromatic rings. The van der Waals surface area contributed by atoms with Crippen molar-refractivity contribution in [2.24, 2.45) is 11.1 Å². The van der Waals surface area contributed by atoms with Gasteiger partial charge in [0.15, 0.2) is 0 Å². The molecule has 2 rings (SSSR count). The number of hydrogen-bond donors (Lipinski definition) is 1. The van der Waals surface area contributed by atoms with Crippen LogP contribution < -0.4 is 5.73 Å². The largest absolute Gasteiger partial charge is 0.338 e. The molecule has 0 bridgehead atoms. The Labute approximate surface area is 115 Å². The quantitative estimate of drug-likeness (QED) is 0.908. The zero-order chi connectivity index (χ0) is 13.9. The van der Waals surface area contributed by atoms with E-state index in [1.807, 2.05) is 23.1 Å². The minimum atomic E-state index is 0.275. The number of carbonyl (C=O) groups is 1. The van der Waals surface area contributed by atoms with Gasteiger partial charge in [0.05, 0.1) is 0 Å². The number of rotatable bonds is 3. The molecule has 0 aliphatic carbocycles. The summed E-state index contributed by atoms with van der Waals surface area (Å²) in [6, 6.07) is 8.13. The van der Waals surface area contributed by atoms with Gasteiger partial charge in [-0.2, -0.15) is 0 Å². The molecule has 3 nitrogen and oxygen atoms in total. The van der Waals surface area contributed by atoms with E-state index in [4.69, 9.17) is 5.73 Å². The van der Waals surface area contributed by atoms with Crippen molar-refractivity contribution in [3.63, 3.8) is 0 Å². The molecule has 0 saturated carbocycles. The molecule has 1 aliphatic rings. The average Bonchev–Trinajstić information content (AvgIpc) is 2.52. The van der Waals surface area contributed by atoms with E-state index >= 15 is 0 Å². The topological polar surface area (TPSA) is 46.3 Å². The maximum atomic E-state index is 12.2. The van der Waals surface area contributed by atoms with Crippen LogP contribution in [0.15, 0.2) is 24.3 Å². The second kappa shape index (κ2) is 5.74. The van der Waals surface area contributed by atoms with Crippen LogP contribution >= 0.6 is 0 Å². The molecule has 1 fully saturated rings. The van der Waals surface area contributed by atoms with Gasteiger partial charge in [0.25, 0.3) is 0 Å². The van der Waals surface area contributed by atoms with E-state index in [1.165, 1.54) is 5.56 Å². The predicted molar refractivity (Wildman–Crippen MR) is 77.4 cm³/mol. The van der Waals surface area contributed by atoms with E-state index in [0.29, 0.717) is 19.5 Å². The normalized spacial score (nSPS) is 19.3. The molecule has 2 N–H and O–H groups in total. The van der Waals surface area contributed by atoms with Crippen LogP contribution in [0.2, 0.25) is 0 Å². The average molecular weight is 260 g/mol. The summed E-state index contributed by atoms with van der Waals surface area (Å²) >= 11 is 0. The second-order valence-corrected chi connectivity index (χ2v) is 6.20. The van der Waals surface area contributed by atoms with Gasteiger partial charge in [0, 0.05) is 26.1 Å². The van der Waals surface area contributed by atoms with Crippen molar-refractivity contribution < 1.29 is 4.79 Å². The Bertz CT molecular complexity index is 454. The van der Waals surface area contributed by atoms with E-state index in [0.717, 1.165) is 24.9 Å². The maximum Gasteiger partial charge on any atom is 0.222 e. The van der Waals surface area contributed by atoms with Gasteiger partial charge in [0.1, 0.15) is 0 Å². The fourth-order valence-electron chi connectivity index (χ4n) is 2.57. The number of amides is 1. The third-order valence-corrected chi connectivity index (χ3v) is 4.13. The van der Waals surface area contributed by atoms with Gasteiger partial charge in [0.2, 0.25) is 5.91 Å². The molecule has 104 valence electrons. The van der Waals surface area contributed by atoms with Gasteiger partial charge >= 0.3 is 0 Å². The highest BCUT2D eigenvalue weighted by Gasteiger charge is 2.27. The Balaban J connectivity index is 2.11. The lowest BCUT2D eigenvalue weighted by Gasteiger charge is -2.24. The van der Waals surface area contributed by atoms with E-state index in [9.17, 15) is 4.79 Å². The standard InChI is InChI=1S/C16H24N2O/c1-16(2)8-7-15(19)18(10-9-16)12-14-6-4-3-5-13(14)11-17/h3-6H,7-12,17H2,1-2H3. The summed E-state index contributed by atoms with van der Waals surface area (Å²) in [7, 11) is 0. The van der Waals surface area contributed by atoms with Crippen LogP contribution in [0.5, 0.6) is 0 Å². The Morgan fingerprint density at radius 2 is 1.89 bits per heavy atom. The van der Waals surface area contributed by atoms with E-state index in [-0.39, 0.29) is 11.3 Å². The minimum Gasteiger partial charge on any atom is -0.338 e. The van der Waals surface area contributed by atoms with Crippen molar-refractivity contribution in [3.8, 4) is 0 Å². The van der Waals surface area contributed by atoms with Crippen molar-refractivity contribution in [2.75, 3.05) is 6.54 Å². The van der Waals surface area contributed by atoms with E-state index in [1.54, 1.807) is 0 Å². The SMILES string of the molecule is CC1(C)CCC(=O)N(Cc2ccccc2CN)CC1. The molecule has 0 atom stereocenters. The molecule has 19 heavy (non-hydrogen) atoms. The number of nitrogens with zero attached hydrogens (tertiary/aromatic N) is 1. The molecule has 1 saturated heterocycles. The maximum absolute atomic E-state index is 12.2. The van der Waals surface area contributed by atoms with Crippen LogP contribution in [-0.4, -0.2) is 17.4 Å². The smallest absolute Gasteiger partial charge is 0.222 e. The molecule has 1 aromatic carbocycles. The zero-order valence-corrected chi connectivity index (χ0v) is 12.0. The first-order valence-corrected chi connectivity index (χ1v) is 7.06. The molecule has 1 amide bonds. The summed E-state index contributed by atoms with van der Waals surface area (Å²) in [5.74, 6) is 0.275. The molecule has 0 unspecified atom stereocenters. The second-order valence-electron chi connectivity index (χ2n) is 6.20. The molecule has 0 aromatic heterocycles.